The van der Waals surface area contributed by atoms with Crippen LogP contribution in [0.25, 0.3) is 0 Å². The molecule has 0 aliphatic carbocycles. The molecule has 2 heterocycles. The Kier molecular flexibility index (Phi) is 3.10. The number of nitrogens with one attached hydrogen (secondary N) is 1. The van der Waals surface area contributed by atoms with Crippen molar-refractivity contribution in [3.05, 3.63) is 53.9 Å². The number of halogens is 1. The predicted octanol–water partition coefficient (Wildman–Crippen LogP) is 2.54. The first-order chi connectivity index (χ1) is 7.75. The summed E-state index contributed by atoms with van der Waals surface area (Å²) in [5.41, 5.74) is 2.90. The molecule has 1 N–H and O–H groups in total. The maximum Gasteiger partial charge on any atom is 0.212 e. The summed E-state index contributed by atoms with van der Waals surface area (Å²) in [5, 5.41) is 3.16. The summed E-state index contributed by atoms with van der Waals surface area (Å²) < 4.78 is 12.6. The van der Waals surface area contributed by atoms with E-state index in [2.05, 4.69) is 15.3 Å². The molecule has 0 aromatic carbocycles. The molecule has 0 atom stereocenters. The van der Waals surface area contributed by atoms with E-state index in [1.165, 1.54) is 12.3 Å². The molecule has 0 spiro atoms. The third kappa shape index (κ3) is 2.53. The lowest BCUT2D eigenvalue weighted by Crippen LogP contribution is -2.02. The Balaban J connectivity index is 2.02. The van der Waals surface area contributed by atoms with Crippen LogP contribution in [-0.4, -0.2) is 9.97 Å². The smallest absolute Gasteiger partial charge is 0.212 e. The summed E-state index contributed by atoms with van der Waals surface area (Å²) in [6.07, 6.45) is 3.24. The largest absolute Gasteiger partial charge is 0.380 e. The zero-order valence-corrected chi connectivity index (χ0v) is 8.94. The molecule has 3 nitrogen and oxygen atoms in total. The predicted molar refractivity (Wildman–Crippen MR) is 60.5 cm³/mol. The van der Waals surface area contributed by atoms with E-state index >= 15 is 0 Å². The molecule has 82 valence electrons. The fourth-order valence-electron chi connectivity index (χ4n) is 1.38. The Morgan fingerprint density at radius 3 is 2.81 bits per heavy atom. The van der Waals surface area contributed by atoms with Crippen LogP contribution < -0.4 is 5.32 Å². The summed E-state index contributed by atoms with van der Waals surface area (Å²) in [7, 11) is 0. The van der Waals surface area contributed by atoms with Crippen LogP contribution in [0.5, 0.6) is 0 Å². The normalized spacial score (nSPS) is 10.1. The first kappa shape index (κ1) is 10.5. The number of aromatic nitrogens is 2. The Labute approximate surface area is 93.4 Å². The average Bonchev–Trinajstić information content (AvgIpc) is 2.30. The van der Waals surface area contributed by atoms with Crippen molar-refractivity contribution in [2.75, 3.05) is 5.32 Å². The molecular formula is C12H12FN3. The van der Waals surface area contributed by atoms with Gasteiger partial charge in [0, 0.05) is 18.4 Å². The van der Waals surface area contributed by atoms with E-state index in [1.54, 1.807) is 12.3 Å². The van der Waals surface area contributed by atoms with Crippen molar-refractivity contribution >= 4 is 5.69 Å². The summed E-state index contributed by atoms with van der Waals surface area (Å²) in [6.45, 7) is 2.62. The van der Waals surface area contributed by atoms with E-state index in [9.17, 15) is 4.39 Å². The highest BCUT2D eigenvalue weighted by molar-refractivity contribution is 5.41. The second kappa shape index (κ2) is 4.70. The zero-order chi connectivity index (χ0) is 11.4. The fourth-order valence-corrected chi connectivity index (χ4v) is 1.38. The molecule has 0 bridgehead atoms. The molecule has 0 radical (unpaired) electrons. The highest BCUT2D eigenvalue weighted by Gasteiger charge is 1.98. The van der Waals surface area contributed by atoms with Gasteiger partial charge >= 0.3 is 0 Å². The lowest BCUT2D eigenvalue weighted by molar-refractivity contribution is 0.584. The van der Waals surface area contributed by atoms with Crippen molar-refractivity contribution in [2.24, 2.45) is 0 Å². The number of hydrogen-bond donors (Lipinski definition) is 1. The minimum Gasteiger partial charge on any atom is -0.380 e. The fraction of sp³-hybridized carbons (Fsp3) is 0.167. The SMILES string of the molecule is Cc1ncccc1CNc1ccc(F)nc1. The van der Waals surface area contributed by atoms with Gasteiger partial charge in [-0.15, -0.1) is 0 Å². The van der Waals surface area contributed by atoms with Gasteiger partial charge in [-0.3, -0.25) is 4.98 Å². The molecule has 0 aliphatic rings. The highest BCUT2D eigenvalue weighted by atomic mass is 19.1. The summed E-state index contributed by atoms with van der Waals surface area (Å²) in [4.78, 5) is 7.76. The van der Waals surface area contributed by atoms with Crippen LogP contribution in [-0.2, 0) is 6.54 Å². The lowest BCUT2D eigenvalue weighted by atomic mass is 10.2. The standard InChI is InChI=1S/C12H12FN3/c1-9-10(3-2-6-14-9)7-15-11-4-5-12(13)16-8-11/h2-6,8,15H,7H2,1H3. The Hall–Kier alpha value is -1.97. The third-order valence-corrected chi connectivity index (χ3v) is 2.33. The molecule has 0 saturated heterocycles. The Bertz CT molecular complexity index is 468. The molecule has 0 aliphatic heterocycles. The van der Waals surface area contributed by atoms with Gasteiger partial charge in [0.05, 0.1) is 11.9 Å². The van der Waals surface area contributed by atoms with Crippen LogP contribution in [0.15, 0.2) is 36.7 Å². The van der Waals surface area contributed by atoms with E-state index in [1.807, 2.05) is 19.1 Å². The molecule has 4 heteroatoms. The second-order valence-corrected chi connectivity index (χ2v) is 3.47. The molecule has 2 aromatic heterocycles. The summed E-state index contributed by atoms with van der Waals surface area (Å²) in [6, 6.07) is 6.89. The maximum atomic E-state index is 12.6. The van der Waals surface area contributed by atoms with Crippen LogP contribution >= 0.6 is 0 Å². The average molecular weight is 217 g/mol. The van der Waals surface area contributed by atoms with Crippen molar-refractivity contribution < 1.29 is 4.39 Å². The van der Waals surface area contributed by atoms with Gasteiger partial charge in [-0.1, -0.05) is 6.07 Å². The van der Waals surface area contributed by atoms with E-state index in [0.717, 1.165) is 16.9 Å². The van der Waals surface area contributed by atoms with Gasteiger partial charge < -0.3 is 5.32 Å². The van der Waals surface area contributed by atoms with E-state index < -0.39 is 5.95 Å². The number of rotatable bonds is 3. The maximum absolute atomic E-state index is 12.6. The molecule has 2 rings (SSSR count). The van der Waals surface area contributed by atoms with E-state index in [4.69, 9.17) is 0 Å². The first-order valence-electron chi connectivity index (χ1n) is 5.01. The second-order valence-electron chi connectivity index (χ2n) is 3.47. The number of nitrogens with zero attached hydrogens (tertiary/aromatic N) is 2. The highest BCUT2D eigenvalue weighted by Crippen LogP contribution is 2.09. The topological polar surface area (TPSA) is 37.8 Å². The quantitative estimate of drug-likeness (QED) is 0.803. The Morgan fingerprint density at radius 1 is 1.25 bits per heavy atom. The van der Waals surface area contributed by atoms with Crippen LogP contribution in [0.3, 0.4) is 0 Å². The van der Waals surface area contributed by atoms with Gasteiger partial charge in [0.25, 0.3) is 0 Å². The van der Waals surface area contributed by atoms with Gasteiger partial charge in [-0.2, -0.15) is 4.39 Å². The number of aryl methyl sites for hydroxylation is 1. The van der Waals surface area contributed by atoms with Crippen molar-refractivity contribution in [3.63, 3.8) is 0 Å². The lowest BCUT2D eigenvalue weighted by Gasteiger charge is -2.07. The third-order valence-electron chi connectivity index (χ3n) is 2.33. The molecule has 0 amide bonds. The number of pyridine rings is 2. The van der Waals surface area contributed by atoms with Crippen molar-refractivity contribution in [3.8, 4) is 0 Å². The van der Waals surface area contributed by atoms with Crippen LogP contribution in [0.2, 0.25) is 0 Å². The first-order valence-corrected chi connectivity index (χ1v) is 5.01. The van der Waals surface area contributed by atoms with Gasteiger partial charge in [0.2, 0.25) is 5.95 Å². The summed E-state index contributed by atoms with van der Waals surface area (Å²) >= 11 is 0. The number of hydrogen-bond acceptors (Lipinski definition) is 3. The monoisotopic (exact) mass is 217 g/mol. The number of anilines is 1. The molecule has 0 unspecified atom stereocenters. The minimum absolute atomic E-state index is 0.469. The molecule has 16 heavy (non-hydrogen) atoms. The van der Waals surface area contributed by atoms with Gasteiger partial charge in [-0.25, -0.2) is 4.98 Å². The van der Waals surface area contributed by atoms with Gasteiger partial charge in [-0.05, 0) is 30.7 Å². The molecular weight excluding hydrogens is 205 g/mol. The van der Waals surface area contributed by atoms with Crippen LogP contribution in [0.1, 0.15) is 11.3 Å². The van der Waals surface area contributed by atoms with Crippen molar-refractivity contribution in [1.82, 2.24) is 9.97 Å². The molecule has 2 aromatic rings. The molecule has 0 saturated carbocycles. The van der Waals surface area contributed by atoms with Crippen LogP contribution in [0, 0.1) is 12.9 Å². The molecule has 0 fully saturated rings. The zero-order valence-electron chi connectivity index (χ0n) is 8.94. The summed E-state index contributed by atoms with van der Waals surface area (Å²) in [5.74, 6) is -0.469. The van der Waals surface area contributed by atoms with E-state index in [-0.39, 0.29) is 0 Å². The minimum atomic E-state index is -0.469. The van der Waals surface area contributed by atoms with Crippen molar-refractivity contribution in [2.45, 2.75) is 13.5 Å². The van der Waals surface area contributed by atoms with E-state index in [0.29, 0.717) is 6.54 Å². The van der Waals surface area contributed by atoms with Gasteiger partial charge in [0.1, 0.15) is 0 Å². The van der Waals surface area contributed by atoms with Gasteiger partial charge in [0.15, 0.2) is 0 Å². The Morgan fingerprint density at radius 2 is 2.12 bits per heavy atom. The van der Waals surface area contributed by atoms with Crippen LogP contribution in [0.4, 0.5) is 10.1 Å². The van der Waals surface area contributed by atoms with Crippen molar-refractivity contribution in [1.29, 1.82) is 0 Å².